The van der Waals surface area contributed by atoms with Crippen molar-refractivity contribution in [2.75, 3.05) is 46.9 Å². The predicted octanol–water partition coefficient (Wildman–Crippen LogP) is 0.661. The van der Waals surface area contributed by atoms with Crippen molar-refractivity contribution in [1.82, 2.24) is 31.5 Å². The number of nitrogens with one attached hydrogen (secondary N) is 5. The van der Waals surface area contributed by atoms with Crippen molar-refractivity contribution in [3.8, 4) is 0 Å². The molecule has 0 saturated carbocycles. The summed E-state index contributed by atoms with van der Waals surface area (Å²) in [5.74, 6) is -2.04. The Hall–Kier alpha value is -0.870. The van der Waals surface area contributed by atoms with Gasteiger partial charge in [-0.15, -0.1) is 23.4 Å². The minimum Gasteiger partial charge on any atom is -0.380 e. The number of hydrogen-bond donors (Lipinski definition) is 5. The average molecular weight is 627 g/mol. The molecule has 12 atom stereocenters. The molecule has 0 aromatic carbocycles. The molecule has 5 heterocycles. The Kier molecular flexibility index (Phi) is 10.0. The number of carbonyl (C=O) groups is 2. The van der Waals surface area contributed by atoms with Crippen LogP contribution in [0, 0.1) is 23.7 Å². The summed E-state index contributed by atoms with van der Waals surface area (Å²) in [5, 5.41) is 16.3. The maximum Gasteiger partial charge on any atom is 0.394 e. The molecule has 10 nitrogen and oxygen atoms in total. The first-order valence-corrected chi connectivity index (χ1v) is 15.8. The molecule has 5 aliphatic rings. The van der Waals surface area contributed by atoms with Gasteiger partial charge in [-0.05, 0) is 44.6 Å². The highest BCUT2D eigenvalue weighted by Gasteiger charge is 2.53. The van der Waals surface area contributed by atoms with Crippen molar-refractivity contribution in [1.29, 1.82) is 0 Å². The van der Waals surface area contributed by atoms with E-state index in [0.717, 1.165) is 12.8 Å². The number of rotatable bonds is 6. The van der Waals surface area contributed by atoms with Gasteiger partial charge in [0.1, 0.15) is 11.5 Å². The molecule has 12 unspecified atom stereocenters. The summed E-state index contributed by atoms with van der Waals surface area (Å²) in [6, 6.07) is -0.831. The first kappa shape index (κ1) is 31.6. The van der Waals surface area contributed by atoms with Crippen LogP contribution in [0.5, 0.6) is 0 Å². The van der Waals surface area contributed by atoms with E-state index in [1.807, 2.05) is 0 Å². The molecule has 0 aromatic rings. The van der Waals surface area contributed by atoms with Crippen LogP contribution in [0.3, 0.4) is 0 Å². The van der Waals surface area contributed by atoms with Crippen molar-refractivity contribution in [2.24, 2.45) is 23.7 Å². The Morgan fingerprint density at radius 2 is 1.83 bits per heavy atom. The first-order valence-electron chi connectivity index (χ1n) is 14.5. The molecule has 0 aromatic heterocycles. The van der Waals surface area contributed by atoms with Gasteiger partial charge in [-0.25, -0.2) is 0 Å². The van der Waals surface area contributed by atoms with Gasteiger partial charge in [-0.2, -0.15) is 13.2 Å². The topological polar surface area (TPSA) is 116 Å². The summed E-state index contributed by atoms with van der Waals surface area (Å²) < 4.78 is 51.7. The van der Waals surface area contributed by atoms with Crippen molar-refractivity contribution in [3.05, 3.63) is 0 Å². The smallest absolute Gasteiger partial charge is 0.380 e. The van der Waals surface area contributed by atoms with Crippen LogP contribution in [0.2, 0.25) is 0 Å². The zero-order chi connectivity index (χ0) is 29.5. The molecule has 5 saturated heterocycles. The molecule has 5 fully saturated rings. The van der Waals surface area contributed by atoms with Gasteiger partial charge in [-0.1, -0.05) is 0 Å². The van der Waals surface area contributed by atoms with Crippen LogP contribution in [-0.4, -0.2) is 116 Å². The number of thioether (sulfide) groups is 1. The Morgan fingerprint density at radius 1 is 1.05 bits per heavy atom. The second-order valence-corrected chi connectivity index (χ2v) is 13.9. The van der Waals surface area contributed by atoms with Gasteiger partial charge in [0.25, 0.3) is 0 Å². The molecule has 0 aliphatic carbocycles. The zero-order valence-corrected chi connectivity index (χ0v) is 25.2. The molecule has 5 rings (SSSR count). The number of hydrogen-bond acceptors (Lipinski definition) is 9. The van der Waals surface area contributed by atoms with Crippen molar-refractivity contribution in [3.63, 3.8) is 0 Å². The number of piperidine rings is 3. The van der Waals surface area contributed by atoms with E-state index in [9.17, 15) is 22.8 Å². The molecule has 2 amide bonds. The van der Waals surface area contributed by atoms with E-state index in [1.165, 1.54) is 7.11 Å². The van der Waals surface area contributed by atoms with Crippen LogP contribution in [0.4, 0.5) is 13.2 Å². The molecule has 0 radical (unpaired) electrons. The third kappa shape index (κ3) is 6.79. The van der Waals surface area contributed by atoms with E-state index in [2.05, 4.69) is 33.5 Å². The van der Waals surface area contributed by atoms with E-state index in [1.54, 1.807) is 23.8 Å². The second-order valence-electron chi connectivity index (χ2n) is 12.0. The van der Waals surface area contributed by atoms with Crippen molar-refractivity contribution in [2.45, 2.75) is 78.9 Å². The number of nitrogens with zero attached hydrogens (tertiary/aromatic N) is 1. The lowest BCUT2D eigenvalue weighted by Crippen LogP contribution is -2.61. The quantitative estimate of drug-likeness (QED) is 0.214. The number of amides is 2. The molecule has 0 bridgehead atoms. The lowest BCUT2D eigenvalue weighted by molar-refractivity contribution is -0.216. The van der Waals surface area contributed by atoms with Crippen molar-refractivity contribution < 1.29 is 32.2 Å². The molecular formula is C26H42ClF3N6O4S. The number of alkyl halides is 4. The second kappa shape index (κ2) is 13.0. The van der Waals surface area contributed by atoms with Crippen LogP contribution in [0.1, 0.15) is 26.2 Å². The fraction of sp³-hybridized carbons (Fsp3) is 0.923. The van der Waals surface area contributed by atoms with Crippen LogP contribution in [-0.2, 0) is 19.1 Å². The summed E-state index contributed by atoms with van der Waals surface area (Å²) in [5.41, 5.74) is -0.462. The summed E-state index contributed by atoms with van der Waals surface area (Å²) in [7, 11) is 2.93. The highest BCUT2D eigenvalue weighted by atomic mass is 35.5. The van der Waals surface area contributed by atoms with Crippen LogP contribution in [0.15, 0.2) is 0 Å². The van der Waals surface area contributed by atoms with E-state index in [-0.39, 0.29) is 77.0 Å². The van der Waals surface area contributed by atoms with Gasteiger partial charge in [0.05, 0.1) is 29.5 Å². The standard InChI is InChI=1S/C26H42ClF3N6O4S/c1-12-6-13(14-7-20(27)33-9-18(14)39-2)15(8-32-12)23(37)35-25-34-17-10-36(11-19(17)41-25)24(38)21-22(40-3)16(4-5-31-21)26(28,29)30/h12-22,25,31-34H,4-11H2,1-3H3,(H,35,37). The minimum atomic E-state index is -4.43. The number of halogens is 4. The third-order valence-corrected chi connectivity index (χ3v) is 11.2. The molecule has 5 aliphatic heterocycles. The zero-order valence-electron chi connectivity index (χ0n) is 23.6. The fourth-order valence-corrected chi connectivity index (χ4v) is 9.13. The summed E-state index contributed by atoms with van der Waals surface area (Å²) >= 11 is 8.00. The van der Waals surface area contributed by atoms with Crippen LogP contribution in [0.25, 0.3) is 0 Å². The highest BCUT2D eigenvalue weighted by molar-refractivity contribution is 8.00. The van der Waals surface area contributed by atoms with Gasteiger partial charge in [0, 0.05) is 57.7 Å². The van der Waals surface area contributed by atoms with Gasteiger partial charge >= 0.3 is 6.18 Å². The number of likely N-dealkylation sites (tertiary alicyclic amines) is 1. The van der Waals surface area contributed by atoms with Crippen LogP contribution >= 0.6 is 23.4 Å². The van der Waals surface area contributed by atoms with E-state index in [4.69, 9.17) is 21.1 Å². The Labute approximate surface area is 248 Å². The van der Waals surface area contributed by atoms with Crippen LogP contribution < -0.4 is 26.6 Å². The summed E-state index contributed by atoms with van der Waals surface area (Å²) in [6.45, 7) is 4.22. The maximum atomic E-state index is 13.6. The highest BCUT2D eigenvalue weighted by Crippen LogP contribution is 2.40. The summed E-state index contributed by atoms with van der Waals surface area (Å²) in [4.78, 5) is 28.5. The molecular weight excluding hydrogens is 585 g/mol. The third-order valence-electron chi connectivity index (χ3n) is 9.55. The minimum absolute atomic E-state index is 0.0137. The molecule has 0 spiro atoms. The monoisotopic (exact) mass is 626 g/mol. The number of methoxy groups -OCH3 is 2. The van der Waals surface area contributed by atoms with Gasteiger partial charge < -0.3 is 30.3 Å². The normalized spacial score (nSPS) is 43.5. The van der Waals surface area contributed by atoms with Gasteiger partial charge in [-0.3, -0.25) is 20.2 Å². The average Bonchev–Trinajstić information content (AvgIpc) is 3.50. The van der Waals surface area contributed by atoms with E-state index < -0.39 is 24.2 Å². The molecule has 5 N–H and O–H groups in total. The number of carbonyl (C=O) groups excluding carboxylic acids is 2. The molecule has 41 heavy (non-hydrogen) atoms. The number of fused-ring (bicyclic) bond motifs is 1. The largest absolute Gasteiger partial charge is 0.394 e. The lowest BCUT2D eigenvalue weighted by atomic mass is 9.70. The SMILES string of the molecule is COC1CNC(Cl)CC1C1CC(C)NCC1C(=O)NC1NC2CN(C(=O)C3NCCC(C(F)(F)F)C3OC)CC2S1. The Balaban J connectivity index is 1.17. The van der Waals surface area contributed by atoms with E-state index >= 15 is 0 Å². The lowest BCUT2D eigenvalue weighted by Gasteiger charge is -2.45. The van der Waals surface area contributed by atoms with Gasteiger partial charge in [0.2, 0.25) is 11.8 Å². The predicted molar refractivity (Wildman–Crippen MR) is 149 cm³/mol. The van der Waals surface area contributed by atoms with Gasteiger partial charge in [0.15, 0.2) is 0 Å². The van der Waals surface area contributed by atoms with E-state index in [0.29, 0.717) is 26.2 Å². The fourth-order valence-electron chi connectivity index (χ4n) is 7.43. The maximum absolute atomic E-state index is 13.6. The first-order chi connectivity index (χ1) is 19.5. The Bertz CT molecular complexity index is 941. The molecule has 15 heteroatoms. The summed E-state index contributed by atoms with van der Waals surface area (Å²) in [6.07, 6.45) is -4.25. The number of ether oxygens (including phenoxy) is 2. The molecule has 234 valence electrons. The van der Waals surface area contributed by atoms with Crippen molar-refractivity contribution >= 4 is 35.2 Å². The Morgan fingerprint density at radius 3 is 2.51 bits per heavy atom.